The van der Waals surface area contributed by atoms with Crippen molar-refractivity contribution < 1.29 is 22.4 Å². The van der Waals surface area contributed by atoms with E-state index >= 15 is 0 Å². The summed E-state index contributed by atoms with van der Waals surface area (Å²) >= 11 is 0. The number of hydrogen-bond donors (Lipinski definition) is 2. The van der Waals surface area contributed by atoms with Crippen molar-refractivity contribution >= 4 is 22.0 Å². The molecule has 0 saturated heterocycles. The fourth-order valence-corrected chi connectivity index (χ4v) is 3.47. The van der Waals surface area contributed by atoms with Gasteiger partial charge in [-0.25, -0.2) is 18.1 Å². The van der Waals surface area contributed by atoms with Crippen LogP contribution in [0.1, 0.15) is 16.9 Å². The van der Waals surface area contributed by atoms with E-state index in [1.54, 1.807) is 42.6 Å². The number of sulfonamides is 1. The fraction of sp³-hybridized carbons (Fsp3) is 0.143. The molecule has 1 aromatic carbocycles. The average Bonchev–Trinajstić information content (AvgIpc) is 3.29. The highest BCUT2D eigenvalue weighted by Gasteiger charge is 2.13. The lowest BCUT2D eigenvalue weighted by Crippen LogP contribution is -2.22. The van der Waals surface area contributed by atoms with Crippen LogP contribution in [0.4, 0.5) is 0 Å². The summed E-state index contributed by atoms with van der Waals surface area (Å²) in [5, 5.41) is 2.75. The molecule has 0 atom stereocenters. The quantitative estimate of drug-likeness (QED) is 0.508. The minimum absolute atomic E-state index is 0.0703. The van der Waals surface area contributed by atoms with Crippen LogP contribution in [0.5, 0.6) is 5.88 Å². The number of furan rings is 1. The number of methoxy groups -OCH3 is 1. The van der Waals surface area contributed by atoms with Gasteiger partial charge in [-0.3, -0.25) is 4.79 Å². The Morgan fingerprint density at radius 3 is 2.57 bits per heavy atom. The third kappa shape index (κ3) is 6.03. The van der Waals surface area contributed by atoms with Crippen molar-refractivity contribution in [3.8, 4) is 5.88 Å². The van der Waals surface area contributed by atoms with Gasteiger partial charge in [-0.2, -0.15) is 0 Å². The van der Waals surface area contributed by atoms with Gasteiger partial charge < -0.3 is 14.5 Å². The number of amides is 1. The lowest BCUT2D eigenvalue weighted by atomic mass is 10.2. The molecule has 0 radical (unpaired) electrons. The highest BCUT2D eigenvalue weighted by Crippen LogP contribution is 2.13. The second kappa shape index (κ2) is 9.86. The molecule has 0 saturated carbocycles. The molecule has 3 rings (SSSR count). The summed E-state index contributed by atoms with van der Waals surface area (Å²) in [5.41, 5.74) is 1.54. The first-order valence-corrected chi connectivity index (χ1v) is 10.5. The molecular weight excluding hydrogens is 406 g/mol. The Hall–Kier alpha value is -3.43. The number of nitrogens with zero attached hydrogens (tertiary/aromatic N) is 1. The van der Waals surface area contributed by atoms with Crippen molar-refractivity contribution in [2.45, 2.75) is 18.0 Å². The molecule has 2 aromatic heterocycles. The maximum Gasteiger partial charge on any atom is 0.244 e. The Balaban J connectivity index is 1.52. The molecule has 0 aliphatic carbocycles. The van der Waals surface area contributed by atoms with E-state index in [0.717, 1.165) is 5.56 Å². The summed E-state index contributed by atoms with van der Waals surface area (Å²) in [7, 11) is -2.12. The third-order valence-electron chi connectivity index (χ3n) is 4.11. The van der Waals surface area contributed by atoms with Gasteiger partial charge in [-0.15, -0.1) is 0 Å². The summed E-state index contributed by atoms with van der Waals surface area (Å²) in [5.74, 6) is 0.754. The van der Waals surface area contributed by atoms with Crippen molar-refractivity contribution in [1.82, 2.24) is 15.0 Å². The Kier molecular flexibility index (Phi) is 6.99. The van der Waals surface area contributed by atoms with Crippen molar-refractivity contribution in [3.63, 3.8) is 0 Å². The standard InChI is InChI=1S/C21H21N3O5S/c1-28-21-11-7-17(14-23-21)13-22-20(25)10-6-16-4-8-19(9-5-16)30(26,27)24-15-18-3-2-12-29-18/h2-12,14,24H,13,15H2,1H3,(H,22,25)/b10-6+. The van der Waals surface area contributed by atoms with Gasteiger partial charge in [0.25, 0.3) is 0 Å². The monoisotopic (exact) mass is 427 g/mol. The van der Waals surface area contributed by atoms with Gasteiger partial charge in [0.15, 0.2) is 0 Å². The smallest absolute Gasteiger partial charge is 0.244 e. The fourth-order valence-electron chi connectivity index (χ4n) is 2.48. The van der Waals surface area contributed by atoms with E-state index in [1.807, 2.05) is 6.07 Å². The molecule has 0 bridgehead atoms. The molecule has 30 heavy (non-hydrogen) atoms. The van der Waals surface area contributed by atoms with Gasteiger partial charge in [0, 0.05) is 24.9 Å². The Morgan fingerprint density at radius 2 is 1.93 bits per heavy atom. The van der Waals surface area contributed by atoms with E-state index in [9.17, 15) is 13.2 Å². The summed E-state index contributed by atoms with van der Waals surface area (Å²) in [6.45, 7) is 0.402. The van der Waals surface area contributed by atoms with E-state index in [4.69, 9.17) is 9.15 Å². The minimum Gasteiger partial charge on any atom is -0.481 e. The molecule has 0 spiro atoms. The van der Waals surface area contributed by atoms with Gasteiger partial charge in [-0.05, 0) is 41.5 Å². The van der Waals surface area contributed by atoms with Crippen LogP contribution in [0, 0.1) is 0 Å². The number of nitrogens with one attached hydrogen (secondary N) is 2. The summed E-state index contributed by atoms with van der Waals surface area (Å²) in [6, 6.07) is 13.1. The van der Waals surface area contributed by atoms with Crippen LogP contribution < -0.4 is 14.8 Å². The predicted molar refractivity (Wildman–Crippen MR) is 111 cm³/mol. The minimum atomic E-state index is -3.66. The number of ether oxygens (including phenoxy) is 1. The Labute approximate surface area is 174 Å². The van der Waals surface area contributed by atoms with E-state index in [0.29, 0.717) is 23.7 Å². The molecule has 2 N–H and O–H groups in total. The number of benzene rings is 1. The van der Waals surface area contributed by atoms with Crippen LogP contribution in [-0.2, 0) is 27.9 Å². The number of carbonyl (C=O) groups is 1. The first-order valence-electron chi connectivity index (χ1n) is 9.03. The lowest BCUT2D eigenvalue weighted by molar-refractivity contribution is -0.116. The second-order valence-electron chi connectivity index (χ2n) is 6.23. The van der Waals surface area contributed by atoms with Gasteiger partial charge in [0.1, 0.15) is 5.76 Å². The maximum absolute atomic E-state index is 12.3. The topological polar surface area (TPSA) is 111 Å². The van der Waals surface area contributed by atoms with Crippen molar-refractivity contribution in [3.05, 3.63) is 84.0 Å². The zero-order valence-corrected chi connectivity index (χ0v) is 17.1. The van der Waals surface area contributed by atoms with Crippen LogP contribution in [0.25, 0.3) is 6.08 Å². The van der Waals surface area contributed by atoms with Crippen LogP contribution >= 0.6 is 0 Å². The predicted octanol–water partition coefficient (Wildman–Crippen LogP) is 2.49. The van der Waals surface area contributed by atoms with Crippen molar-refractivity contribution in [1.29, 1.82) is 0 Å². The molecule has 0 unspecified atom stereocenters. The molecule has 0 fully saturated rings. The average molecular weight is 427 g/mol. The maximum atomic E-state index is 12.3. The molecule has 3 aromatic rings. The van der Waals surface area contributed by atoms with Crippen molar-refractivity contribution in [2.75, 3.05) is 7.11 Å². The second-order valence-corrected chi connectivity index (χ2v) is 8.00. The number of hydrogen-bond acceptors (Lipinski definition) is 6. The third-order valence-corrected chi connectivity index (χ3v) is 5.52. The largest absolute Gasteiger partial charge is 0.481 e. The number of rotatable bonds is 9. The SMILES string of the molecule is COc1ccc(CNC(=O)/C=C/c2ccc(S(=O)(=O)NCc3ccco3)cc2)cn1. The van der Waals surface area contributed by atoms with E-state index in [-0.39, 0.29) is 17.3 Å². The Morgan fingerprint density at radius 1 is 1.13 bits per heavy atom. The molecular formula is C21H21N3O5S. The molecule has 156 valence electrons. The zero-order valence-electron chi connectivity index (χ0n) is 16.2. The Bertz CT molecular complexity index is 1090. The van der Waals surface area contributed by atoms with E-state index in [2.05, 4.69) is 15.0 Å². The molecule has 9 heteroatoms. The molecule has 0 aliphatic rings. The summed E-state index contributed by atoms with van der Waals surface area (Å²) in [4.78, 5) is 16.2. The molecule has 0 aliphatic heterocycles. The van der Waals surface area contributed by atoms with Gasteiger partial charge in [0.2, 0.25) is 21.8 Å². The number of pyridine rings is 1. The summed E-state index contributed by atoms with van der Waals surface area (Å²) in [6.07, 6.45) is 6.10. The highest BCUT2D eigenvalue weighted by atomic mass is 32.2. The first kappa shape index (κ1) is 21.3. The summed E-state index contributed by atoms with van der Waals surface area (Å²) < 4.78 is 37.2. The first-order chi connectivity index (χ1) is 14.5. The zero-order chi connectivity index (χ0) is 21.4. The normalized spacial score (nSPS) is 11.5. The van der Waals surface area contributed by atoms with Crippen LogP contribution in [0.2, 0.25) is 0 Å². The lowest BCUT2D eigenvalue weighted by Gasteiger charge is -2.06. The molecule has 8 nitrogen and oxygen atoms in total. The van der Waals surface area contributed by atoms with E-state index in [1.165, 1.54) is 31.6 Å². The van der Waals surface area contributed by atoms with Crippen LogP contribution in [0.15, 0.2) is 76.4 Å². The molecule has 1 amide bonds. The number of aromatic nitrogens is 1. The molecule has 2 heterocycles. The van der Waals surface area contributed by atoms with Crippen LogP contribution in [-0.4, -0.2) is 26.4 Å². The highest BCUT2D eigenvalue weighted by molar-refractivity contribution is 7.89. The van der Waals surface area contributed by atoms with Gasteiger partial charge >= 0.3 is 0 Å². The van der Waals surface area contributed by atoms with Crippen LogP contribution in [0.3, 0.4) is 0 Å². The number of carbonyl (C=O) groups excluding carboxylic acids is 1. The van der Waals surface area contributed by atoms with Gasteiger partial charge in [0.05, 0.1) is 24.8 Å². The van der Waals surface area contributed by atoms with Crippen molar-refractivity contribution in [2.24, 2.45) is 0 Å². The van der Waals surface area contributed by atoms with Gasteiger partial charge in [-0.1, -0.05) is 18.2 Å². The van der Waals surface area contributed by atoms with E-state index < -0.39 is 10.0 Å².